The van der Waals surface area contributed by atoms with E-state index in [2.05, 4.69) is 10.3 Å². The molecule has 0 aliphatic carbocycles. The molecule has 4 nitrogen and oxygen atoms in total. The number of rotatable bonds is 6. The second-order valence-electron chi connectivity index (χ2n) is 5.51. The number of amides is 1. The average molecular weight is 365 g/mol. The van der Waals surface area contributed by atoms with Crippen LogP contribution in [0.1, 0.15) is 11.1 Å². The van der Waals surface area contributed by atoms with Crippen LogP contribution >= 0.6 is 11.6 Å². The minimum absolute atomic E-state index is 0.202. The summed E-state index contributed by atoms with van der Waals surface area (Å²) in [5.74, 6) is 0.502. The summed E-state index contributed by atoms with van der Waals surface area (Å²) in [6.07, 6.45) is 6.58. The van der Waals surface area contributed by atoms with Crippen molar-refractivity contribution >= 4 is 29.3 Å². The van der Waals surface area contributed by atoms with Gasteiger partial charge in [0, 0.05) is 34.7 Å². The van der Waals surface area contributed by atoms with Crippen LogP contribution in [0.5, 0.6) is 5.75 Å². The van der Waals surface area contributed by atoms with E-state index in [9.17, 15) is 4.79 Å². The third-order valence-electron chi connectivity index (χ3n) is 3.61. The lowest BCUT2D eigenvalue weighted by Crippen LogP contribution is -2.07. The fraction of sp³-hybridized carbons (Fsp3) is 0.0476. The van der Waals surface area contributed by atoms with Crippen molar-refractivity contribution in [2.24, 2.45) is 0 Å². The van der Waals surface area contributed by atoms with Crippen LogP contribution in [0, 0.1) is 0 Å². The normalized spacial score (nSPS) is 10.7. The van der Waals surface area contributed by atoms with Crippen molar-refractivity contribution in [2.45, 2.75) is 6.61 Å². The number of aromatic nitrogens is 1. The Hall–Kier alpha value is -3.11. The van der Waals surface area contributed by atoms with E-state index >= 15 is 0 Å². The third-order valence-corrected chi connectivity index (χ3v) is 3.98. The van der Waals surface area contributed by atoms with Crippen molar-refractivity contribution in [2.75, 3.05) is 5.32 Å². The van der Waals surface area contributed by atoms with Crippen LogP contribution in [0.2, 0.25) is 5.02 Å². The van der Waals surface area contributed by atoms with Gasteiger partial charge in [-0.15, -0.1) is 0 Å². The van der Waals surface area contributed by atoms with Gasteiger partial charge in [-0.1, -0.05) is 29.8 Å². The molecule has 1 heterocycles. The van der Waals surface area contributed by atoms with Gasteiger partial charge in [0.2, 0.25) is 5.91 Å². The summed E-state index contributed by atoms with van der Waals surface area (Å²) in [6.45, 7) is 0.389. The van der Waals surface area contributed by atoms with E-state index in [0.717, 1.165) is 11.1 Å². The highest BCUT2D eigenvalue weighted by molar-refractivity contribution is 6.31. The summed E-state index contributed by atoms with van der Waals surface area (Å²) < 4.78 is 5.72. The SMILES string of the molecule is O=C(/C=C/c1ccncc1)Nc1ccc(OCc2ccccc2Cl)cc1. The van der Waals surface area contributed by atoms with Crippen molar-refractivity contribution in [3.63, 3.8) is 0 Å². The highest BCUT2D eigenvalue weighted by atomic mass is 35.5. The van der Waals surface area contributed by atoms with Crippen molar-refractivity contribution in [1.29, 1.82) is 0 Å². The van der Waals surface area contributed by atoms with Crippen molar-refractivity contribution in [3.05, 3.63) is 95.3 Å². The summed E-state index contributed by atoms with van der Waals surface area (Å²) in [7, 11) is 0. The highest BCUT2D eigenvalue weighted by Crippen LogP contribution is 2.20. The largest absolute Gasteiger partial charge is 0.489 e. The first-order valence-electron chi connectivity index (χ1n) is 8.06. The van der Waals surface area contributed by atoms with Crippen LogP contribution in [-0.4, -0.2) is 10.9 Å². The Labute approximate surface area is 157 Å². The zero-order valence-corrected chi connectivity index (χ0v) is 14.7. The molecule has 26 heavy (non-hydrogen) atoms. The second-order valence-corrected chi connectivity index (χ2v) is 5.91. The molecule has 5 heteroatoms. The Balaban J connectivity index is 1.53. The van der Waals surface area contributed by atoms with E-state index in [1.54, 1.807) is 42.7 Å². The molecule has 0 unspecified atom stereocenters. The fourth-order valence-corrected chi connectivity index (χ4v) is 2.43. The van der Waals surface area contributed by atoms with E-state index in [1.165, 1.54) is 6.08 Å². The third kappa shape index (κ3) is 5.19. The molecule has 1 N–H and O–H groups in total. The number of carbonyl (C=O) groups is 1. The Bertz CT molecular complexity index is 893. The van der Waals surface area contributed by atoms with E-state index < -0.39 is 0 Å². The van der Waals surface area contributed by atoms with Crippen molar-refractivity contribution < 1.29 is 9.53 Å². The lowest BCUT2D eigenvalue weighted by Gasteiger charge is -2.08. The number of benzene rings is 2. The number of hydrogen-bond donors (Lipinski definition) is 1. The minimum Gasteiger partial charge on any atom is -0.489 e. The lowest BCUT2D eigenvalue weighted by atomic mass is 10.2. The molecule has 0 saturated heterocycles. The van der Waals surface area contributed by atoms with Gasteiger partial charge in [0.1, 0.15) is 12.4 Å². The minimum atomic E-state index is -0.202. The van der Waals surface area contributed by atoms with Crippen LogP contribution in [-0.2, 0) is 11.4 Å². The Kier molecular flexibility index (Phi) is 6.01. The quantitative estimate of drug-likeness (QED) is 0.628. The lowest BCUT2D eigenvalue weighted by molar-refractivity contribution is -0.111. The van der Waals surface area contributed by atoms with Gasteiger partial charge in [-0.25, -0.2) is 0 Å². The first-order chi connectivity index (χ1) is 12.7. The van der Waals surface area contributed by atoms with Gasteiger partial charge >= 0.3 is 0 Å². The number of hydrogen-bond acceptors (Lipinski definition) is 3. The number of carbonyl (C=O) groups excluding carboxylic acids is 1. The number of nitrogens with zero attached hydrogens (tertiary/aromatic N) is 1. The molecule has 0 bridgehead atoms. The van der Waals surface area contributed by atoms with E-state index in [1.807, 2.05) is 36.4 Å². The van der Waals surface area contributed by atoms with Crippen LogP contribution < -0.4 is 10.1 Å². The summed E-state index contributed by atoms with van der Waals surface area (Å²) in [5, 5.41) is 3.48. The van der Waals surface area contributed by atoms with Gasteiger partial charge < -0.3 is 10.1 Å². The van der Waals surface area contributed by atoms with E-state index in [0.29, 0.717) is 23.1 Å². The topological polar surface area (TPSA) is 51.2 Å². The molecule has 0 radical (unpaired) electrons. The number of ether oxygens (including phenoxy) is 1. The second kappa shape index (κ2) is 8.83. The zero-order valence-electron chi connectivity index (χ0n) is 13.9. The Morgan fingerprint density at radius 3 is 2.50 bits per heavy atom. The first kappa shape index (κ1) is 17.7. The summed E-state index contributed by atoms with van der Waals surface area (Å²) >= 11 is 6.11. The highest BCUT2D eigenvalue weighted by Gasteiger charge is 2.02. The van der Waals surface area contributed by atoms with Gasteiger partial charge in [0.15, 0.2) is 0 Å². The average Bonchev–Trinajstić information content (AvgIpc) is 2.68. The van der Waals surface area contributed by atoms with Gasteiger partial charge in [-0.3, -0.25) is 9.78 Å². The number of halogens is 1. The fourth-order valence-electron chi connectivity index (χ4n) is 2.24. The Morgan fingerprint density at radius 2 is 1.77 bits per heavy atom. The van der Waals surface area contributed by atoms with Crippen LogP contribution in [0.3, 0.4) is 0 Å². The molecule has 0 aliphatic heterocycles. The summed E-state index contributed by atoms with van der Waals surface area (Å²) in [5.41, 5.74) is 2.53. The van der Waals surface area contributed by atoms with Gasteiger partial charge in [-0.05, 0) is 54.1 Å². The number of pyridine rings is 1. The molecule has 1 amide bonds. The summed E-state index contributed by atoms with van der Waals surface area (Å²) in [4.78, 5) is 15.9. The molecule has 1 aromatic heterocycles. The van der Waals surface area contributed by atoms with Crippen LogP contribution in [0.15, 0.2) is 79.1 Å². The first-order valence-corrected chi connectivity index (χ1v) is 8.44. The van der Waals surface area contributed by atoms with E-state index in [-0.39, 0.29) is 5.91 Å². The van der Waals surface area contributed by atoms with Crippen molar-refractivity contribution in [3.8, 4) is 5.75 Å². The molecule has 2 aromatic carbocycles. The standard InChI is InChI=1S/C21H17ClN2O2/c22-20-4-2-1-3-17(20)15-26-19-8-6-18(7-9-19)24-21(25)10-5-16-11-13-23-14-12-16/h1-14H,15H2,(H,24,25)/b10-5+. The summed E-state index contributed by atoms with van der Waals surface area (Å²) in [6, 6.07) is 18.4. The number of nitrogens with one attached hydrogen (secondary N) is 1. The maximum Gasteiger partial charge on any atom is 0.248 e. The van der Waals surface area contributed by atoms with Gasteiger partial charge in [-0.2, -0.15) is 0 Å². The zero-order chi connectivity index (χ0) is 18.2. The molecule has 0 saturated carbocycles. The molecule has 3 aromatic rings. The van der Waals surface area contributed by atoms with Gasteiger partial charge in [0.05, 0.1) is 0 Å². The molecular weight excluding hydrogens is 348 g/mol. The molecule has 0 atom stereocenters. The molecule has 0 spiro atoms. The maximum atomic E-state index is 12.0. The predicted molar refractivity (Wildman–Crippen MR) is 104 cm³/mol. The van der Waals surface area contributed by atoms with Crippen molar-refractivity contribution in [1.82, 2.24) is 4.98 Å². The van der Waals surface area contributed by atoms with Gasteiger partial charge in [0.25, 0.3) is 0 Å². The van der Waals surface area contributed by atoms with Crippen LogP contribution in [0.4, 0.5) is 5.69 Å². The molecule has 0 aliphatic rings. The molecule has 130 valence electrons. The Morgan fingerprint density at radius 1 is 1.04 bits per heavy atom. The molecule has 0 fully saturated rings. The van der Waals surface area contributed by atoms with Crippen LogP contribution in [0.25, 0.3) is 6.08 Å². The predicted octanol–water partition coefficient (Wildman–Crippen LogP) is 4.97. The number of anilines is 1. The smallest absolute Gasteiger partial charge is 0.248 e. The monoisotopic (exact) mass is 364 g/mol. The molecular formula is C21H17ClN2O2. The molecule has 3 rings (SSSR count). The van der Waals surface area contributed by atoms with E-state index in [4.69, 9.17) is 16.3 Å². The maximum absolute atomic E-state index is 12.0.